The second-order valence-corrected chi connectivity index (χ2v) is 10.3. The molecule has 0 bridgehead atoms. The Labute approximate surface area is 177 Å². The fourth-order valence-electron chi connectivity index (χ4n) is 2.85. The summed E-state index contributed by atoms with van der Waals surface area (Å²) >= 11 is 6.69. The van der Waals surface area contributed by atoms with Crippen molar-refractivity contribution >= 4 is 61.5 Å². The first-order valence-corrected chi connectivity index (χ1v) is 11.7. The number of nitrogens with zero attached hydrogens (tertiary/aromatic N) is 1. The van der Waals surface area contributed by atoms with Crippen LogP contribution in [0.2, 0.25) is 0 Å². The number of aromatic nitrogens is 1. The van der Waals surface area contributed by atoms with Gasteiger partial charge in [-0.1, -0.05) is 12.1 Å². The number of carbonyl (C=O) groups is 1. The molecule has 0 N–H and O–H groups in total. The first-order chi connectivity index (χ1) is 13.7. The van der Waals surface area contributed by atoms with Crippen molar-refractivity contribution in [1.82, 2.24) is 4.98 Å². The number of hydrogen-bond donors (Lipinski definition) is 0. The number of ether oxygens (including phenoxy) is 1. The molecule has 1 aromatic carbocycles. The predicted octanol–water partition coefficient (Wildman–Crippen LogP) is 7.27. The third-order valence-electron chi connectivity index (χ3n) is 4.19. The van der Waals surface area contributed by atoms with Crippen molar-refractivity contribution in [2.24, 2.45) is 0 Å². The monoisotopic (exact) mass is 439 g/mol. The van der Waals surface area contributed by atoms with E-state index in [2.05, 4.69) is 36.4 Å². The maximum atomic E-state index is 11.7. The lowest BCUT2D eigenvalue weighted by atomic mass is 10.3. The van der Waals surface area contributed by atoms with Gasteiger partial charge >= 0.3 is 5.97 Å². The summed E-state index contributed by atoms with van der Waals surface area (Å²) in [7, 11) is 1.41. The molecule has 0 radical (unpaired) electrons. The van der Waals surface area contributed by atoms with E-state index in [1.807, 2.05) is 24.3 Å². The number of hydrogen-bond acceptors (Lipinski definition) is 7. The molecule has 4 heterocycles. The third kappa shape index (κ3) is 3.20. The first-order valence-electron chi connectivity index (χ1n) is 8.46. The van der Waals surface area contributed by atoms with Crippen LogP contribution >= 0.6 is 45.3 Å². The molecule has 0 fully saturated rings. The summed E-state index contributed by atoms with van der Waals surface area (Å²) in [5.74, 6) is -0.285. The van der Waals surface area contributed by atoms with Crippen LogP contribution in [0.4, 0.5) is 0 Å². The van der Waals surface area contributed by atoms with Crippen LogP contribution in [0.25, 0.3) is 39.6 Å². The van der Waals surface area contributed by atoms with Crippen LogP contribution in [-0.4, -0.2) is 18.1 Å². The molecule has 3 nitrogen and oxygen atoms in total. The molecule has 0 amide bonds. The Balaban J connectivity index is 1.43. The molecular weight excluding hydrogens is 427 g/mol. The molecule has 0 aliphatic rings. The summed E-state index contributed by atoms with van der Waals surface area (Å²) in [5.41, 5.74) is 1.05. The number of rotatable bonds is 4. The van der Waals surface area contributed by atoms with Crippen molar-refractivity contribution in [3.63, 3.8) is 0 Å². The van der Waals surface area contributed by atoms with Crippen molar-refractivity contribution in [3.8, 4) is 29.4 Å². The number of para-hydroxylation sites is 1. The highest BCUT2D eigenvalue weighted by atomic mass is 32.1. The van der Waals surface area contributed by atoms with Gasteiger partial charge in [0.25, 0.3) is 0 Å². The van der Waals surface area contributed by atoms with Crippen molar-refractivity contribution in [3.05, 3.63) is 65.5 Å². The molecule has 0 atom stereocenters. The number of carbonyl (C=O) groups excluding carboxylic acids is 1. The molecule has 0 aliphatic heterocycles. The SMILES string of the molecule is COC(=O)c1ccc(-c2ccc(-c3ccc(-c4nc5ccccc5s4)s3)s2)s1. The van der Waals surface area contributed by atoms with Crippen LogP contribution in [0.15, 0.2) is 60.7 Å². The van der Waals surface area contributed by atoms with E-state index in [9.17, 15) is 4.79 Å². The molecule has 0 spiro atoms. The molecule has 0 saturated carbocycles. The van der Waals surface area contributed by atoms with E-state index in [0.717, 1.165) is 20.3 Å². The summed E-state index contributed by atoms with van der Waals surface area (Å²) in [4.78, 5) is 22.9. The van der Waals surface area contributed by atoms with Gasteiger partial charge < -0.3 is 4.74 Å². The lowest BCUT2D eigenvalue weighted by Crippen LogP contribution is -1.96. The molecule has 28 heavy (non-hydrogen) atoms. The van der Waals surface area contributed by atoms with E-state index in [4.69, 9.17) is 9.72 Å². The third-order valence-corrected chi connectivity index (χ3v) is 9.03. The Morgan fingerprint density at radius 3 is 2.07 bits per heavy atom. The van der Waals surface area contributed by atoms with Crippen LogP contribution in [0.5, 0.6) is 0 Å². The smallest absolute Gasteiger partial charge is 0.348 e. The van der Waals surface area contributed by atoms with Crippen LogP contribution in [-0.2, 0) is 4.74 Å². The number of esters is 1. The highest BCUT2D eigenvalue weighted by molar-refractivity contribution is 7.29. The highest BCUT2D eigenvalue weighted by Gasteiger charge is 2.14. The number of fused-ring (bicyclic) bond motifs is 1. The van der Waals surface area contributed by atoms with E-state index in [-0.39, 0.29) is 5.97 Å². The zero-order chi connectivity index (χ0) is 19.1. The highest BCUT2D eigenvalue weighted by Crippen LogP contribution is 2.42. The standard InChI is InChI=1S/C21H13NO2S4/c1-24-21(23)19-11-9-17(27-19)15-7-6-14(25-15)16-8-10-18(26-16)20-22-12-4-2-3-5-13(12)28-20/h2-11H,1H3. The maximum Gasteiger partial charge on any atom is 0.348 e. The Bertz CT molecular complexity index is 1260. The fraction of sp³-hybridized carbons (Fsp3) is 0.0476. The minimum absolute atomic E-state index is 0.285. The molecule has 5 rings (SSSR count). The summed E-state index contributed by atoms with van der Waals surface area (Å²) in [6.07, 6.45) is 0. The molecule has 0 unspecified atom stereocenters. The van der Waals surface area contributed by atoms with Crippen molar-refractivity contribution < 1.29 is 9.53 Å². The minimum Gasteiger partial charge on any atom is -0.465 e. The van der Waals surface area contributed by atoms with E-state index in [1.54, 1.807) is 34.0 Å². The average Bonchev–Trinajstić information content (AvgIpc) is 3.51. The van der Waals surface area contributed by atoms with Gasteiger partial charge in [-0.25, -0.2) is 9.78 Å². The van der Waals surface area contributed by atoms with Gasteiger partial charge in [-0.05, 0) is 48.5 Å². The lowest BCUT2D eigenvalue weighted by Gasteiger charge is -1.93. The molecular formula is C21H13NO2S4. The Morgan fingerprint density at radius 1 is 0.750 bits per heavy atom. The number of thiophene rings is 3. The van der Waals surface area contributed by atoms with Crippen LogP contribution in [0.1, 0.15) is 9.67 Å². The normalized spacial score (nSPS) is 11.2. The van der Waals surface area contributed by atoms with Crippen LogP contribution in [0.3, 0.4) is 0 Å². The fourth-order valence-corrected chi connectivity index (χ4v) is 6.98. The molecule has 4 aromatic heterocycles. The number of methoxy groups -OCH3 is 1. The topological polar surface area (TPSA) is 39.2 Å². The van der Waals surface area contributed by atoms with E-state index < -0.39 is 0 Å². The molecule has 0 saturated heterocycles. The predicted molar refractivity (Wildman–Crippen MR) is 121 cm³/mol. The minimum atomic E-state index is -0.285. The second-order valence-electron chi connectivity index (χ2n) is 5.97. The van der Waals surface area contributed by atoms with Gasteiger partial charge in [0.1, 0.15) is 9.88 Å². The lowest BCUT2D eigenvalue weighted by molar-refractivity contribution is 0.0606. The van der Waals surface area contributed by atoms with Gasteiger partial charge in [-0.3, -0.25) is 0 Å². The van der Waals surface area contributed by atoms with Gasteiger partial charge in [0, 0.05) is 19.5 Å². The first kappa shape index (κ1) is 17.8. The molecule has 0 aliphatic carbocycles. The van der Waals surface area contributed by atoms with E-state index in [0.29, 0.717) is 4.88 Å². The zero-order valence-corrected chi connectivity index (χ0v) is 17.9. The van der Waals surface area contributed by atoms with Gasteiger partial charge in [0.05, 0.1) is 22.2 Å². The maximum absolute atomic E-state index is 11.7. The van der Waals surface area contributed by atoms with Crippen molar-refractivity contribution in [2.45, 2.75) is 0 Å². The number of thiazole rings is 1. The quantitative estimate of drug-likeness (QED) is 0.276. The van der Waals surface area contributed by atoms with Crippen LogP contribution in [0, 0.1) is 0 Å². The Kier molecular flexibility index (Phi) is 4.60. The molecule has 138 valence electrons. The molecule has 7 heteroatoms. The second kappa shape index (κ2) is 7.25. The summed E-state index contributed by atoms with van der Waals surface area (Å²) in [6, 6.07) is 20.6. The Morgan fingerprint density at radius 2 is 1.36 bits per heavy atom. The van der Waals surface area contributed by atoms with Gasteiger partial charge in [0.2, 0.25) is 0 Å². The average molecular weight is 440 g/mol. The van der Waals surface area contributed by atoms with E-state index in [1.165, 1.54) is 37.8 Å². The van der Waals surface area contributed by atoms with Crippen molar-refractivity contribution in [2.75, 3.05) is 7.11 Å². The Hall–Kier alpha value is -2.32. The largest absolute Gasteiger partial charge is 0.465 e. The van der Waals surface area contributed by atoms with Gasteiger partial charge in [-0.2, -0.15) is 0 Å². The van der Waals surface area contributed by atoms with Gasteiger partial charge in [0.15, 0.2) is 0 Å². The summed E-state index contributed by atoms with van der Waals surface area (Å²) in [6.45, 7) is 0. The summed E-state index contributed by atoms with van der Waals surface area (Å²) in [5, 5.41) is 1.07. The van der Waals surface area contributed by atoms with Crippen molar-refractivity contribution in [1.29, 1.82) is 0 Å². The number of benzene rings is 1. The van der Waals surface area contributed by atoms with E-state index >= 15 is 0 Å². The molecule has 5 aromatic rings. The van der Waals surface area contributed by atoms with Crippen LogP contribution < -0.4 is 0 Å². The van der Waals surface area contributed by atoms with Gasteiger partial charge in [-0.15, -0.1) is 45.3 Å². The summed E-state index contributed by atoms with van der Waals surface area (Å²) < 4.78 is 6.01. The zero-order valence-electron chi connectivity index (χ0n) is 14.7.